The second-order valence-corrected chi connectivity index (χ2v) is 24.7. The summed E-state index contributed by atoms with van der Waals surface area (Å²) in [5.74, 6) is 0.628. The van der Waals surface area contributed by atoms with Crippen LogP contribution in [0.25, 0.3) is 116 Å². The number of benzene rings is 8. The van der Waals surface area contributed by atoms with Crippen molar-refractivity contribution in [2.24, 2.45) is 0 Å². The highest BCUT2D eigenvalue weighted by atomic mass is 16.3. The van der Waals surface area contributed by atoms with Gasteiger partial charge in [-0.25, -0.2) is 14.8 Å². The fourth-order valence-corrected chi connectivity index (χ4v) is 11.1. The Morgan fingerprint density at radius 1 is 0.387 bits per heavy atom. The van der Waals surface area contributed by atoms with Crippen molar-refractivity contribution in [3.8, 4) is 45.3 Å². The number of aromatic nitrogens is 4. The van der Waals surface area contributed by atoms with Crippen LogP contribution >= 0.6 is 0 Å². The molecule has 4 heterocycles. The highest BCUT2D eigenvalue weighted by molar-refractivity contribution is 6.19. The summed E-state index contributed by atoms with van der Waals surface area (Å²) in [6.07, 6.45) is 0. The molecule has 12 aromatic rings. The molecule has 0 fully saturated rings. The van der Waals surface area contributed by atoms with Gasteiger partial charge in [0.2, 0.25) is 5.69 Å². The van der Waals surface area contributed by atoms with Gasteiger partial charge in [-0.05, 0) is 111 Å². The smallest absolute Gasteiger partial charge is 0.213 e. The third kappa shape index (κ3) is 7.91. The van der Waals surface area contributed by atoms with Crippen molar-refractivity contribution in [1.82, 2.24) is 19.1 Å². The summed E-state index contributed by atoms with van der Waals surface area (Å²) in [5.41, 5.74) is 16.6. The normalized spacial score (nSPS) is 12.8. The van der Waals surface area contributed by atoms with Crippen molar-refractivity contribution < 1.29 is 4.42 Å². The van der Waals surface area contributed by atoms with Crippen molar-refractivity contribution in [1.29, 1.82) is 0 Å². The van der Waals surface area contributed by atoms with Gasteiger partial charge in [0.15, 0.2) is 11.4 Å². The van der Waals surface area contributed by atoms with Crippen molar-refractivity contribution in [2.45, 2.75) is 105 Å². The molecule has 12 rings (SSSR count). The molecule has 0 atom stereocenters. The number of fused-ring (bicyclic) bond motifs is 9. The van der Waals surface area contributed by atoms with Gasteiger partial charge in [-0.2, -0.15) is 0 Å². The zero-order chi connectivity index (χ0) is 52.5. The molecule has 0 aliphatic rings. The van der Waals surface area contributed by atoms with Gasteiger partial charge in [-0.1, -0.05) is 180 Å². The number of rotatable bonds is 5. The predicted octanol–water partition coefficient (Wildman–Crippen LogP) is 19.3. The van der Waals surface area contributed by atoms with Crippen LogP contribution in [0, 0.1) is 6.57 Å². The third-order valence-corrected chi connectivity index (χ3v) is 15.4. The molecule has 4 aromatic heterocycles. The predicted molar refractivity (Wildman–Crippen MR) is 315 cm³/mol. The fraction of sp³-hybridized carbons (Fsp3) is 0.232. The molecular formula is C69H63N5O. The number of para-hydroxylation sites is 1. The number of furan rings is 1. The summed E-state index contributed by atoms with van der Waals surface area (Å²) < 4.78 is 12.4. The summed E-state index contributed by atoms with van der Waals surface area (Å²) in [6.45, 7) is 36.6. The Morgan fingerprint density at radius 3 is 1.25 bits per heavy atom. The number of nitrogens with zero attached hydrogens (tertiary/aromatic N) is 5. The summed E-state index contributed by atoms with van der Waals surface area (Å²) in [6, 6.07) is 58.6. The van der Waals surface area contributed by atoms with Crippen LogP contribution in [0.1, 0.15) is 105 Å². The topological polar surface area (TPSA) is 53.1 Å². The lowest BCUT2D eigenvalue weighted by molar-refractivity contribution is 0.590. The molecule has 0 radical (unpaired) electrons. The lowest BCUT2D eigenvalue weighted by atomic mass is 9.85. The van der Waals surface area contributed by atoms with E-state index in [2.05, 4.69) is 224 Å². The molecule has 0 aliphatic carbocycles. The Morgan fingerprint density at radius 2 is 0.813 bits per heavy atom. The Bertz CT molecular complexity index is 4120. The van der Waals surface area contributed by atoms with Crippen molar-refractivity contribution in [3.63, 3.8) is 0 Å². The van der Waals surface area contributed by atoms with Gasteiger partial charge in [0.05, 0.1) is 45.7 Å². The Kier molecular flexibility index (Phi) is 10.7. The first-order valence-corrected chi connectivity index (χ1v) is 26.3. The molecule has 0 N–H and O–H groups in total. The van der Waals surface area contributed by atoms with Crippen molar-refractivity contribution in [3.05, 3.63) is 197 Å². The van der Waals surface area contributed by atoms with Crippen molar-refractivity contribution in [2.75, 3.05) is 0 Å². The largest absolute Gasteiger partial charge is 0.453 e. The van der Waals surface area contributed by atoms with Crippen LogP contribution in [0.2, 0.25) is 0 Å². The first kappa shape index (κ1) is 47.7. The molecule has 0 spiro atoms. The van der Waals surface area contributed by atoms with E-state index in [1.165, 1.54) is 22.3 Å². The van der Waals surface area contributed by atoms with Crippen molar-refractivity contribution >= 4 is 71.2 Å². The molecule has 8 aromatic carbocycles. The van der Waals surface area contributed by atoms with Gasteiger partial charge in [-0.15, -0.1) is 0 Å². The van der Waals surface area contributed by atoms with Crippen LogP contribution in [0.4, 0.5) is 5.69 Å². The Hall–Kier alpha value is -8.27. The van der Waals surface area contributed by atoms with Gasteiger partial charge in [0.1, 0.15) is 11.3 Å². The summed E-state index contributed by atoms with van der Waals surface area (Å²) in [7, 11) is 0. The first-order chi connectivity index (χ1) is 35.7. The van der Waals surface area contributed by atoms with Crippen LogP contribution in [-0.2, 0) is 21.7 Å². The van der Waals surface area contributed by atoms with Crippen LogP contribution in [-0.4, -0.2) is 19.1 Å². The zero-order valence-electron chi connectivity index (χ0n) is 45.2. The van der Waals surface area contributed by atoms with E-state index in [-0.39, 0.29) is 21.7 Å². The second kappa shape index (κ2) is 16.9. The molecule has 6 nitrogen and oxygen atoms in total. The molecular weight excluding hydrogens is 915 g/mol. The lowest BCUT2D eigenvalue weighted by Crippen LogP contribution is -2.11. The average molecular weight is 978 g/mol. The van der Waals surface area contributed by atoms with Gasteiger partial charge in [0, 0.05) is 49.0 Å². The van der Waals surface area contributed by atoms with E-state index in [0.29, 0.717) is 22.7 Å². The van der Waals surface area contributed by atoms with E-state index >= 15 is 0 Å². The Balaban J connectivity index is 1.27. The quantitative estimate of drug-likeness (QED) is 0.162. The van der Waals surface area contributed by atoms with Crippen LogP contribution in [0.3, 0.4) is 0 Å². The maximum absolute atomic E-state index is 9.26. The molecule has 0 amide bonds. The van der Waals surface area contributed by atoms with E-state index < -0.39 is 0 Å². The highest BCUT2D eigenvalue weighted by Crippen LogP contribution is 2.50. The Labute approximate surface area is 440 Å². The number of hydrogen-bond acceptors (Lipinski definition) is 3. The van der Waals surface area contributed by atoms with E-state index in [1.807, 2.05) is 36.4 Å². The average Bonchev–Trinajstić information content (AvgIpc) is 4.07. The van der Waals surface area contributed by atoms with E-state index in [9.17, 15) is 6.57 Å². The summed E-state index contributed by atoms with van der Waals surface area (Å²) in [5, 5.41) is 6.37. The van der Waals surface area contributed by atoms with Crippen LogP contribution in [0.15, 0.2) is 168 Å². The monoisotopic (exact) mass is 978 g/mol. The molecule has 6 heteroatoms. The maximum Gasteiger partial charge on any atom is 0.213 e. The lowest BCUT2D eigenvalue weighted by Gasteiger charge is -2.21. The first-order valence-electron chi connectivity index (χ1n) is 26.3. The molecule has 0 bridgehead atoms. The minimum atomic E-state index is -0.0929. The van der Waals surface area contributed by atoms with Gasteiger partial charge < -0.3 is 13.6 Å². The summed E-state index contributed by atoms with van der Waals surface area (Å²) >= 11 is 0. The second-order valence-electron chi connectivity index (χ2n) is 24.7. The van der Waals surface area contributed by atoms with E-state index in [1.54, 1.807) is 0 Å². The number of hydrogen-bond donors (Lipinski definition) is 0. The maximum atomic E-state index is 9.26. The molecule has 0 saturated carbocycles. The van der Waals surface area contributed by atoms with E-state index in [0.717, 1.165) is 93.8 Å². The van der Waals surface area contributed by atoms with Crippen LogP contribution < -0.4 is 0 Å². The summed E-state index contributed by atoms with van der Waals surface area (Å²) in [4.78, 5) is 15.0. The molecule has 0 aliphatic heterocycles. The molecule has 75 heavy (non-hydrogen) atoms. The highest BCUT2D eigenvalue weighted by Gasteiger charge is 2.31. The minimum Gasteiger partial charge on any atom is -0.453 e. The SMILES string of the molecule is [C-]#[N+]c1cc2c(oc3c(-c4cc(-c5ccccc5)nc(-c5ccccc5)n4)cccc32)c(-n2c3ccc(C(C)(C)C)cc3c3cc(C(C)(C)C)ccc32)c1-n1c2ccc(C(C)(C)C)cc2c2cc(C(C)(C)C)ccc21. The van der Waals surface area contributed by atoms with Crippen LogP contribution in [0.5, 0.6) is 0 Å². The zero-order valence-corrected chi connectivity index (χ0v) is 45.2. The fourth-order valence-electron chi connectivity index (χ4n) is 11.1. The standard InChI is InChI=1S/C69H63N5O/c1-66(2,3)43-27-31-57-49(35-43)50-36-44(67(4,5)6)28-32-58(50)73(57)61-56(70-13)39-53-47-25-20-26-48(55-40-54(41-21-16-14-17-22-41)71-65(72-55)42-23-18-15-19-24-42)63(47)75-64(53)62(61)74-59-33-29-45(68(7,8)9)37-51(59)52-38-46(69(10,11)12)30-34-60(52)74/h14-40H,1-12H3. The molecule has 370 valence electrons. The molecule has 0 unspecified atom stereocenters. The third-order valence-electron chi connectivity index (χ3n) is 15.4. The van der Waals surface area contributed by atoms with Gasteiger partial charge in [0.25, 0.3) is 0 Å². The molecule has 0 saturated heterocycles. The minimum absolute atomic E-state index is 0.0871. The van der Waals surface area contributed by atoms with Gasteiger partial charge >= 0.3 is 0 Å². The van der Waals surface area contributed by atoms with Gasteiger partial charge in [-0.3, -0.25) is 0 Å². The van der Waals surface area contributed by atoms with E-state index in [4.69, 9.17) is 14.4 Å².